The predicted octanol–water partition coefficient (Wildman–Crippen LogP) is 3.67. The minimum Gasteiger partial charge on any atom is -0.494 e. The Kier molecular flexibility index (Phi) is 4.08. The third-order valence-corrected chi connectivity index (χ3v) is 4.49. The summed E-state index contributed by atoms with van der Waals surface area (Å²) in [7, 11) is 0. The van der Waals surface area contributed by atoms with Gasteiger partial charge in [-0.1, -0.05) is 11.3 Å². The fourth-order valence-corrected chi connectivity index (χ4v) is 3.50. The molecular formula is C15H20N2O2S. The van der Waals surface area contributed by atoms with Crippen LogP contribution in [0.4, 0.5) is 5.13 Å². The molecule has 0 aliphatic carbocycles. The molecule has 1 saturated heterocycles. The zero-order valence-corrected chi connectivity index (χ0v) is 12.7. The summed E-state index contributed by atoms with van der Waals surface area (Å²) in [5, 5.41) is 4.42. The summed E-state index contributed by atoms with van der Waals surface area (Å²) in [5.74, 6) is 0.905. The maximum absolute atomic E-state index is 5.71. The first-order valence-corrected chi connectivity index (χ1v) is 7.99. The topological polar surface area (TPSA) is 43.4 Å². The molecule has 2 aromatic rings. The second-order valence-electron chi connectivity index (χ2n) is 5.07. The van der Waals surface area contributed by atoms with Gasteiger partial charge in [0.1, 0.15) is 5.75 Å². The van der Waals surface area contributed by atoms with Crippen LogP contribution in [0.3, 0.4) is 0 Å². The quantitative estimate of drug-likeness (QED) is 0.913. The summed E-state index contributed by atoms with van der Waals surface area (Å²) in [5.41, 5.74) is 1.01. The number of hydrogen-bond acceptors (Lipinski definition) is 5. The third kappa shape index (κ3) is 2.88. The van der Waals surface area contributed by atoms with Gasteiger partial charge in [0, 0.05) is 6.61 Å². The number of fused-ring (bicyclic) bond motifs is 1. The first-order valence-electron chi connectivity index (χ1n) is 7.18. The first kappa shape index (κ1) is 13.6. The van der Waals surface area contributed by atoms with Crippen molar-refractivity contribution in [3.8, 4) is 5.75 Å². The van der Waals surface area contributed by atoms with E-state index in [4.69, 9.17) is 9.47 Å². The van der Waals surface area contributed by atoms with E-state index in [1.54, 1.807) is 11.3 Å². The SMILES string of the molecule is CCOc1ccc2nc(NC(C)C3CCCO3)sc2c1. The van der Waals surface area contributed by atoms with Gasteiger partial charge in [0.15, 0.2) is 5.13 Å². The molecule has 0 spiro atoms. The van der Waals surface area contributed by atoms with Gasteiger partial charge in [-0.25, -0.2) is 4.98 Å². The Morgan fingerprint density at radius 1 is 1.55 bits per heavy atom. The Labute approximate surface area is 123 Å². The zero-order valence-electron chi connectivity index (χ0n) is 11.9. The van der Waals surface area contributed by atoms with Gasteiger partial charge < -0.3 is 14.8 Å². The molecule has 108 valence electrons. The average Bonchev–Trinajstić information content (AvgIpc) is 3.06. The minimum atomic E-state index is 0.296. The highest BCUT2D eigenvalue weighted by atomic mass is 32.1. The lowest BCUT2D eigenvalue weighted by atomic mass is 10.1. The highest BCUT2D eigenvalue weighted by Gasteiger charge is 2.22. The number of anilines is 1. The predicted molar refractivity (Wildman–Crippen MR) is 82.8 cm³/mol. The van der Waals surface area contributed by atoms with Crippen molar-refractivity contribution < 1.29 is 9.47 Å². The average molecular weight is 292 g/mol. The number of ether oxygens (including phenoxy) is 2. The van der Waals surface area contributed by atoms with Gasteiger partial charge in [0.05, 0.1) is 29.0 Å². The molecule has 0 radical (unpaired) electrons. The molecule has 0 bridgehead atoms. The van der Waals surface area contributed by atoms with Crippen LogP contribution in [0.5, 0.6) is 5.75 Å². The zero-order chi connectivity index (χ0) is 13.9. The minimum absolute atomic E-state index is 0.296. The Morgan fingerprint density at radius 3 is 3.20 bits per heavy atom. The maximum atomic E-state index is 5.71. The standard InChI is InChI=1S/C15H20N2O2S/c1-3-18-11-6-7-12-14(9-11)20-15(17-12)16-10(2)13-5-4-8-19-13/h6-7,9-10,13H,3-5,8H2,1-2H3,(H,16,17). The van der Waals surface area contributed by atoms with E-state index in [1.165, 1.54) is 0 Å². The van der Waals surface area contributed by atoms with Gasteiger partial charge in [-0.15, -0.1) is 0 Å². The maximum Gasteiger partial charge on any atom is 0.184 e. The summed E-state index contributed by atoms with van der Waals surface area (Å²) >= 11 is 1.67. The van der Waals surface area contributed by atoms with E-state index in [1.807, 2.05) is 19.1 Å². The second-order valence-corrected chi connectivity index (χ2v) is 6.10. The molecule has 2 heterocycles. The normalized spacial score (nSPS) is 20.2. The Balaban J connectivity index is 1.74. The summed E-state index contributed by atoms with van der Waals surface area (Å²) in [6.45, 7) is 5.72. The van der Waals surface area contributed by atoms with E-state index in [0.29, 0.717) is 18.8 Å². The monoisotopic (exact) mass is 292 g/mol. The van der Waals surface area contributed by atoms with Crippen molar-refractivity contribution in [3.05, 3.63) is 18.2 Å². The summed E-state index contributed by atoms with van der Waals surface area (Å²) in [6.07, 6.45) is 2.60. The third-order valence-electron chi connectivity index (χ3n) is 3.54. The fraction of sp³-hybridized carbons (Fsp3) is 0.533. The number of rotatable bonds is 5. The van der Waals surface area contributed by atoms with Crippen molar-refractivity contribution >= 4 is 26.7 Å². The van der Waals surface area contributed by atoms with Crippen LogP contribution in [0.25, 0.3) is 10.2 Å². The van der Waals surface area contributed by atoms with Crippen LogP contribution in [0, 0.1) is 0 Å². The Hall–Kier alpha value is -1.33. The van der Waals surface area contributed by atoms with Gasteiger partial charge >= 0.3 is 0 Å². The molecule has 5 heteroatoms. The van der Waals surface area contributed by atoms with E-state index in [9.17, 15) is 0 Å². The number of thiazole rings is 1. The number of hydrogen-bond donors (Lipinski definition) is 1. The fourth-order valence-electron chi connectivity index (χ4n) is 2.51. The molecule has 1 aliphatic heterocycles. The van der Waals surface area contributed by atoms with E-state index in [-0.39, 0.29) is 0 Å². The van der Waals surface area contributed by atoms with E-state index < -0.39 is 0 Å². The summed E-state index contributed by atoms with van der Waals surface area (Å²) in [6, 6.07) is 6.33. The highest BCUT2D eigenvalue weighted by molar-refractivity contribution is 7.22. The highest BCUT2D eigenvalue weighted by Crippen LogP contribution is 2.30. The van der Waals surface area contributed by atoms with E-state index >= 15 is 0 Å². The van der Waals surface area contributed by atoms with Gasteiger partial charge in [-0.3, -0.25) is 0 Å². The molecule has 4 nitrogen and oxygen atoms in total. The molecule has 2 unspecified atom stereocenters. The lowest BCUT2D eigenvalue weighted by Crippen LogP contribution is -2.29. The van der Waals surface area contributed by atoms with Crippen LogP contribution in [0.2, 0.25) is 0 Å². The van der Waals surface area contributed by atoms with Crippen molar-refractivity contribution in [1.29, 1.82) is 0 Å². The molecule has 1 aliphatic rings. The van der Waals surface area contributed by atoms with Gasteiger partial charge in [0.2, 0.25) is 0 Å². The van der Waals surface area contributed by atoms with Crippen molar-refractivity contribution in [1.82, 2.24) is 4.98 Å². The molecule has 1 aromatic heterocycles. The lowest BCUT2D eigenvalue weighted by molar-refractivity contribution is 0.0996. The first-order chi connectivity index (χ1) is 9.76. The van der Waals surface area contributed by atoms with Crippen LogP contribution in [0.1, 0.15) is 26.7 Å². The van der Waals surface area contributed by atoms with Crippen LogP contribution in [0.15, 0.2) is 18.2 Å². The molecule has 2 atom stereocenters. The van der Waals surface area contributed by atoms with Crippen molar-refractivity contribution in [2.24, 2.45) is 0 Å². The van der Waals surface area contributed by atoms with Crippen LogP contribution in [-0.4, -0.2) is 30.3 Å². The number of benzene rings is 1. The largest absolute Gasteiger partial charge is 0.494 e. The van der Waals surface area contributed by atoms with Gasteiger partial charge in [0.25, 0.3) is 0 Å². The molecular weight excluding hydrogens is 272 g/mol. The summed E-state index contributed by atoms with van der Waals surface area (Å²) < 4.78 is 12.4. The van der Waals surface area contributed by atoms with Crippen LogP contribution in [-0.2, 0) is 4.74 Å². The molecule has 0 amide bonds. The second kappa shape index (κ2) is 5.97. The molecule has 1 aromatic carbocycles. The Morgan fingerprint density at radius 2 is 2.45 bits per heavy atom. The number of nitrogens with one attached hydrogen (secondary N) is 1. The smallest absolute Gasteiger partial charge is 0.184 e. The number of nitrogens with zero attached hydrogens (tertiary/aromatic N) is 1. The van der Waals surface area contributed by atoms with E-state index in [2.05, 4.69) is 23.3 Å². The molecule has 1 fully saturated rings. The van der Waals surface area contributed by atoms with Crippen molar-refractivity contribution in [2.75, 3.05) is 18.5 Å². The van der Waals surface area contributed by atoms with Gasteiger partial charge in [-0.2, -0.15) is 0 Å². The van der Waals surface area contributed by atoms with Crippen LogP contribution >= 0.6 is 11.3 Å². The Bertz CT molecular complexity index is 578. The molecule has 0 saturated carbocycles. The number of aromatic nitrogens is 1. The summed E-state index contributed by atoms with van der Waals surface area (Å²) in [4.78, 5) is 4.62. The van der Waals surface area contributed by atoms with E-state index in [0.717, 1.165) is 40.5 Å². The van der Waals surface area contributed by atoms with Gasteiger partial charge in [-0.05, 0) is 44.9 Å². The molecule has 1 N–H and O–H groups in total. The molecule has 20 heavy (non-hydrogen) atoms. The molecule has 3 rings (SSSR count). The van der Waals surface area contributed by atoms with Crippen molar-refractivity contribution in [2.45, 2.75) is 38.8 Å². The van der Waals surface area contributed by atoms with Crippen LogP contribution < -0.4 is 10.1 Å². The lowest BCUT2D eigenvalue weighted by Gasteiger charge is -2.19. The van der Waals surface area contributed by atoms with Crippen molar-refractivity contribution in [3.63, 3.8) is 0 Å².